The van der Waals surface area contributed by atoms with Gasteiger partial charge in [-0.1, -0.05) is 36.4 Å². The highest BCUT2D eigenvalue weighted by Gasteiger charge is 2.41. The summed E-state index contributed by atoms with van der Waals surface area (Å²) >= 11 is 0. The van der Waals surface area contributed by atoms with E-state index in [0.717, 1.165) is 16.0 Å². The van der Waals surface area contributed by atoms with Gasteiger partial charge in [-0.05, 0) is 60.9 Å². The van der Waals surface area contributed by atoms with Crippen molar-refractivity contribution in [3.05, 3.63) is 94.9 Å². The Kier molecular flexibility index (Phi) is 5.79. The highest BCUT2D eigenvalue weighted by atomic mass is 19.1. The van der Waals surface area contributed by atoms with Gasteiger partial charge in [0.25, 0.3) is 11.8 Å². The molecule has 3 aromatic carbocycles. The first-order valence-corrected chi connectivity index (χ1v) is 10.4. The molecule has 0 aromatic heterocycles. The van der Waals surface area contributed by atoms with Crippen LogP contribution in [0.3, 0.4) is 0 Å². The zero-order valence-electron chi connectivity index (χ0n) is 18.4. The van der Waals surface area contributed by atoms with Gasteiger partial charge < -0.3 is 10.6 Å². The molecule has 3 aromatic rings. The van der Waals surface area contributed by atoms with Crippen LogP contribution in [-0.2, 0) is 14.4 Å². The summed E-state index contributed by atoms with van der Waals surface area (Å²) in [6.07, 6.45) is 0. The Hall–Kier alpha value is -4.26. The van der Waals surface area contributed by atoms with Gasteiger partial charge in [-0.15, -0.1) is 0 Å². The number of hydrogen-bond acceptors (Lipinski definition) is 4. The average Bonchev–Trinajstić information content (AvgIpc) is 3.01. The number of hydrogen-bond donors (Lipinski definition) is 2. The normalized spacial score (nSPS) is 13.5. The number of nitrogens with one attached hydrogen (secondary N) is 2. The Labute approximate surface area is 190 Å². The number of para-hydroxylation sites is 1. The largest absolute Gasteiger partial charge is 0.350 e. The monoisotopic (exact) mass is 443 g/mol. The maximum Gasteiger partial charge on any atom is 0.282 e. The fourth-order valence-electron chi connectivity index (χ4n) is 3.71. The van der Waals surface area contributed by atoms with Crippen LogP contribution in [-0.4, -0.2) is 17.7 Å². The first kappa shape index (κ1) is 22.0. The van der Waals surface area contributed by atoms with Crippen LogP contribution in [0.4, 0.5) is 21.5 Å². The molecule has 0 unspecified atom stereocenters. The molecule has 4 rings (SSSR count). The minimum atomic E-state index is -0.674. The average molecular weight is 443 g/mol. The molecule has 166 valence electrons. The van der Waals surface area contributed by atoms with Crippen LogP contribution in [0.25, 0.3) is 5.57 Å². The Morgan fingerprint density at radius 1 is 0.879 bits per heavy atom. The van der Waals surface area contributed by atoms with Crippen molar-refractivity contribution in [2.45, 2.75) is 20.8 Å². The number of amides is 3. The minimum Gasteiger partial charge on any atom is -0.350 e. The van der Waals surface area contributed by atoms with Crippen LogP contribution in [0.2, 0.25) is 0 Å². The Morgan fingerprint density at radius 3 is 2.24 bits per heavy atom. The van der Waals surface area contributed by atoms with Gasteiger partial charge in [-0.25, -0.2) is 9.29 Å². The van der Waals surface area contributed by atoms with Crippen molar-refractivity contribution in [1.82, 2.24) is 0 Å². The molecule has 1 aliphatic rings. The zero-order valence-corrected chi connectivity index (χ0v) is 18.4. The predicted molar refractivity (Wildman–Crippen MR) is 126 cm³/mol. The quantitative estimate of drug-likeness (QED) is 0.556. The fourth-order valence-corrected chi connectivity index (χ4v) is 3.71. The summed E-state index contributed by atoms with van der Waals surface area (Å²) in [7, 11) is 0. The lowest BCUT2D eigenvalue weighted by molar-refractivity contribution is -0.120. The van der Waals surface area contributed by atoms with Crippen molar-refractivity contribution in [1.29, 1.82) is 0 Å². The number of imide groups is 1. The number of aryl methyl sites for hydroxylation is 1. The maximum atomic E-state index is 14.5. The Bertz CT molecular complexity index is 1310. The van der Waals surface area contributed by atoms with Gasteiger partial charge in [0, 0.05) is 18.3 Å². The van der Waals surface area contributed by atoms with Gasteiger partial charge >= 0.3 is 0 Å². The number of nitrogens with zero attached hydrogens (tertiary/aromatic N) is 1. The predicted octanol–water partition coefficient (Wildman–Crippen LogP) is 4.80. The Morgan fingerprint density at radius 2 is 1.58 bits per heavy atom. The summed E-state index contributed by atoms with van der Waals surface area (Å²) in [4.78, 5) is 39.1. The first-order valence-electron chi connectivity index (χ1n) is 10.4. The molecule has 1 aliphatic heterocycles. The number of carbonyl (C=O) groups excluding carboxylic acids is 3. The van der Waals surface area contributed by atoms with Crippen molar-refractivity contribution >= 4 is 40.4 Å². The van der Waals surface area contributed by atoms with E-state index in [1.165, 1.54) is 25.1 Å². The van der Waals surface area contributed by atoms with Gasteiger partial charge in [0.05, 0.1) is 11.3 Å². The summed E-state index contributed by atoms with van der Waals surface area (Å²) < 4.78 is 14.5. The highest BCUT2D eigenvalue weighted by Crippen LogP contribution is 2.35. The molecule has 6 nitrogen and oxygen atoms in total. The van der Waals surface area contributed by atoms with E-state index >= 15 is 0 Å². The SMILES string of the molecule is CC(=O)Nc1ccc(C2=C(Nc3cccc(C)c3C)C(=O)N(c3ccccc3F)C2=O)cc1. The lowest BCUT2D eigenvalue weighted by atomic mass is 10.0. The van der Waals surface area contributed by atoms with E-state index in [4.69, 9.17) is 0 Å². The highest BCUT2D eigenvalue weighted by molar-refractivity contribution is 6.46. The molecular formula is C26H22FN3O3. The smallest absolute Gasteiger partial charge is 0.282 e. The molecular weight excluding hydrogens is 421 g/mol. The zero-order chi connectivity index (χ0) is 23.7. The van der Waals surface area contributed by atoms with Crippen LogP contribution >= 0.6 is 0 Å². The van der Waals surface area contributed by atoms with E-state index in [-0.39, 0.29) is 22.9 Å². The van der Waals surface area contributed by atoms with E-state index in [0.29, 0.717) is 16.9 Å². The van der Waals surface area contributed by atoms with E-state index in [9.17, 15) is 18.8 Å². The number of benzene rings is 3. The summed E-state index contributed by atoms with van der Waals surface area (Å²) in [5.41, 5.74) is 3.71. The van der Waals surface area contributed by atoms with Crippen LogP contribution < -0.4 is 15.5 Å². The van der Waals surface area contributed by atoms with Crippen LogP contribution in [0, 0.1) is 19.7 Å². The van der Waals surface area contributed by atoms with Crippen molar-refractivity contribution in [3.8, 4) is 0 Å². The van der Waals surface area contributed by atoms with Crippen molar-refractivity contribution in [2.24, 2.45) is 0 Å². The molecule has 0 radical (unpaired) electrons. The van der Waals surface area contributed by atoms with Gasteiger partial charge in [-0.3, -0.25) is 14.4 Å². The molecule has 2 N–H and O–H groups in total. The topological polar surface area (TPSA) is 78.5 Å². The van der Waals surface area contributed by atoms with E-state index in [1.54, 1.807) is 30.3 Å². The number of anilines is 3. The van der Waals surface area contributed by atoms with E-state index in [1.807, 2.05) is 32.0 Å². The van der Waals surface area contributed by atoms with Gasteiger partial charge in [0.1, 0.15) is 11.5 Å². The molecule has 1 heterocycles. The number of halogens is 1. The molecule has 33 heavy (non-hydrogen) atoms. The summed E-state index contributed by atoms with van der Waals surface area (Å²) in [5, 5.41) is 5.79. The molecule has 0 saturated carbocycles. The van der Waals surface area contributed by atoms with E-state index < -0.39 is 17.6 Å². The third-order valence-corrected chi connectivity index (χ3v) is 5.54. The molecule has 0 atom stereocenters. The standard InChI is InChI=1S/C26H22FN3O3/c1-15-7-6-9-21(16(15)2)29-24-23(18-11-13-19(14-12-18)28-17(3)31)25(32)30(26(24)33)22-10-5-4-8-20(22)27/h4-14,29H,1-3H3,(H,28,31). The fraction of sp³-hybridized carbons (Fsp3) is 0.115. The summed E-state index contributed by atoms with van der Waals surface area (Å²) in [6.45, 7) is 5.26. The molecule has 7 heteroatoms. The second kappa shape index (κ2) is 8.70. The third kappa shape index (κ3) is 4.13. The van der Waals surface area contributed by atoms with Crippen LogP contribution in [0.5, 0.6) is 0 Å². The van der Waals surface area contributed by atoms with Crippen molar-refractivity contribution < 1.29 is 18.8 Å². The van der Waals surface area contributed by atoms with Gasteiger partial charge in [0.15, 0.2) is 0 Å². The Balaban J connectivity index is 1.83. The molecule has 0 saturated heterocycles. The second-order valence-electron chi connectivity index (χ2n) is 7.78. The molecule has 0 fully saturated rings. The molecule has 3 amide bonds. The minimum absolute atomic E-state index is 0.0595. The number of carbonyl (C=O) groups is 3. The lowest BCUT2D eigenvalue weighted by Crippen LogP contribution is -2.33. The van der Waals surface area contributed by atoms with Gasteiger partial charge in [0.2, 0.25) is 5.91 Å². The molecule has 0 bridgehead atoms. The van der Waals surface area contributed by atoms with E-state index in [2.05, 4.69) is 10.6 Å². The van der Waals surface area contributed by atoms with Crippen LogP contribution in [0.15, 0.2) is 72.4 Å². The first-order chi connectivity index (χ1) is 15.8. The third-order valence-electron chi connectivity index (χ3n) is 5.54. The second-order valence-corrected chi connectivity index (χ2v) is 7.78. The summed E-state index contributed by atoms with van der Waals surface area (Å²) in [6, 6.07) is 17.8. The maximum absolute atomic E-state index is 14.5. The molecule has 0 spiro atoms. The molecule has 0 aliphatic carbocycles. The van der Waals surface area contributed by atoms with Crippen molar-refractivity contribution in [3.63, 3.8) is 0 Å². The van der Waals surface area contributed by atoms with Crippen LogP contribution in [0.1, 0.15) is 23.6 Å². The van der Waals surface area contributed by atoms with Gasteiger partial charge in [-0.2, -0.15) is 0 Å². The van der Waals surface area contributed by atoms with Crippen molar-refractivity contribution in [2.75, 3.05) is 15.5 Å². The lowest BCUT2D eigenvalue weighted by Gasteiger charge is -2.16. The number of rotatable bonds is 5. The summed E-state index contributed by atoms with van der Waals surface area (Å²) in [5.74, 6) is -2.18.